The molecular formula is C15H16N4O3. The highest BCUT2D eigenvalue weighted by molar-refractivity contribution is 5.98. The summed E-state index contributed by atoms with van der Waals surface area (Å²) in [6.07, 6.45) is 1.04. The van der Waals surface area contributed by atoms with Crippen LogP contribution >= 0.6 is 0 Å². The van der Waals surface area contributed by atoms with Gasteiger partial charge in [0, 0.05) is 7.05 Å². The molecular weight excluding hydrogens is 284 g/mol. The number of nitrogens with one attached hydrogen (secondary N) is 1. The maximum absolute atomic E-state index is 12.4. The predicted molar refractivity (Wildman–Crippen MR) is 80.0 cm³/mol. The molecule has 1 N–H and O–H groups in total. The Labute approximate surface area is 127 Å². The summed E-state index contributed by atoms with van der Waals surface area (Å²) in [4.78, 5) is 29.9. The number of nitrogens with zero attached hydrogens (tertiary/aromatic N) is 3. The Kier molecular flexibility index (Phi) is 3.54. The Morgan fingerprint density at radius 2 is 2.18 bits per heavy atom. The van der Waals surface area contributed by atoms with Gasteiger partial charge in [-0.3, -0.25) is 14.7 Å². The zero-order valence-corrected chi connectivity index (χ0v) is 12.4. The number of hydrogen-bond acceptors (Lipinski definition) is 4. The van der Waals surface area contributed by atoms with Crippen molar-refractivity contribution in [3.63, 3.8) is 0 Å². The molecule has 7 heteroatoms. The minimum absolute atomic E-state index is 0.0682. The van der Waals surface area contributed by atoms with Crippen LogP contribution in [0.3, 0.4) is 0 Å². The van der Waals surface area contributed by atoms with Gasteiger partial charge in [-0.05, 0) is 19.1 Å². The lowest BCUT2D eigenvalue weighted by Crippen LogP contribution is -2.25. The summed E-state index contributed by atoms with van der Waals surface area (Å²) < 4.78 is 6.69. The Bertz CT molecular complexity index is 738. The number of imidazole rings is 1. The fraction of sp³-hybridized carbons (Fsp3) is 0.267. The molecule has 2 aromatic rings. The average molecular weight is 300 g/mol. The van der Waals surface area contributed by atoms with Gasteiger partial charge in [0.15, 0.2) is 5.82 Å². The molecule has 22 heavy (non-hydrogen) atoms. The first kappa shape index (κ1) is 14.1. The second kappa shape index (κ2) is 5.51. The van der Waals surface area contributed by atoms with Crippen LogP contribution in [0.25, 0.3) is 5.69 Å². The Hall–Kier alpha value is -2.83. The Balaban J connectivity index is 2.06. The summed E-state index contributed by atoms with van der Waals surface area (Å²) in [6, 6.07) is 7.32. The number of hydrogen-bond donors (Lipinski definition) is 1. The summed E-state index contributed by atoms with van der Waals surface area (Å²) >= 11 is 0. The first-order valence-electron chi connectivity index (χ1n) is 6.96. The standard InChI is InChI=1S/C15H16N4O3/c1-3-22-15(21)17-13-12-8-18(2)14(20)10-6-4-5-7-11(10)19(12)9-16-13/h4-7,9H,3,8H2,1-2H3,(H,17,21). The molecule has 0 unspecified atom stereocenters. The second-order valence-corrected chi connectivity index (χ2v) is 4.93. The van der Waals surface area contributed by atoms with Crippen LogP contribution in [0.4, 0.5) is 10.6 Å². The van der Waals surface area contributed by atoms with Crippen LogP contribution in [0, 0.1) is 0 Å². The van der Waals surface area contributed by atoms with Gasteiger partial charge in [0.1, 0.15) is 6.33 Å². The van der Waals surface area contributed by atoms with E-state index in [1.807, 2.05) is 22.8 Å². The second-order valence-electron chi connectivity index (χ2n) is 4.93. The molecule has 0 spiro atoms. The quantitative estimate of drug-likeness (QED) is 0.920. The maximum atomic E-state index is 12.4. The molecule has 0 bridgehead atoms. The number of rotatable bonds is 2. The number of fused-ring (bicyclic) bond motifs is 3. The van der Waals surface area contributed by atoms with Gasteiger partial charge in [-0.15, -0.1) is 0 Å². The number of carbonyl (C=O) groups excluding carboxylic acids is 2. The largest absolute Gasteiger partial charge is 0.450 e. The van der Waals surface area contributed by atoms with Gasteiger partial charge in [0.25, 0.3) is 5.91 Å². The number of amides is 2. The van der Waals surface area contributed by atoms with Gasteiger partial charge in [0.05, 0.1) is 30.1 Å². The van der Waals surface area contributed by atoms with Crippen LogP contribution in [0.5, 0.6) is 0 Å². The fourth-order valence-electron chi connectivity index (χ4n) is 2.47. The van der Waals surface area contributed by atoms with Gasteiger partial charge in [-0.25, -0.2) is 9.78 Å². The molecule has 2 heterocycles. The van der Waals surface area contributed by atoms with Crippen LogP contribution in [-0.4, -0.2) is 40.1 Å². The highest BCUT2D eigenvalue weighted by atomic mass is 16.5. The van der Waals surface area contributed by atoms with Crippen LogP contribution in [-0.2, 0) is 11.3 Å². The molecule has 0 fully saturated rings. The van der Waals surface area contributed by atoms with E-state index in [0.717, 1.165) is 11.4 Å². The number of para-hydroxylation sites is 1. The highest BCUT2D eigenvalue weighted by Crippen LogP contribution is 2.27. The van der Waals surface area contributed by atoms with Crippen molar-refractivity contribution in [2.45, 2.75) is 13.5 Å². The molecule has 0 saturated carbocycles. The monoisotopic (exact) mass is 300 g/mol. The molecule has 0 atom stereocenters. The number of anilines is 1. The van der Waals surface area contributed by atoms with E-state index in [1.165, 1.54) is 0 Å². The van der Waals surface area contributed by atoms with Crippen LogP contribution in [0.15, 0.2) is 30.6 Å². The van der Waals surface area contributed by atoms with Gasteiger partial charge in [0.2, 0.25) is 0 Å². The smallest absolute Gasteiger partial charge is 0.412 e. The van der Waals surface area contributed by atoms with Crippen molar-refractivity contribution in [3.8, 4) is 5.69 Å². The topological polar surface area (TPSA) is 76.5 Å². The third-order valence-electron chi connectivity index (χ3n) is 3.49. The third kappa shape index (κ3) is 2.30. The van der Waals surface area contributed by atoms with E-state index < -0.39 is 6.09 Å². The van der Waals surface area contributed by atoms with Crippen molar-refractivity contribution in [1.82, 2.24) is 14.5 Å². The molecule has 2 amide bonds. The van der Waals surface area contributed by atoms with E-state index in [4.69, 9.17) is 4.74 Å². The van der Waals surface area contributed by atoms with Crippen molar-refractivity contribution in [3.05, 3.63) is 41.9 Å². The van der Waals surface area contributed by atoms with Crippen LogP contribution < -0.4 is 5.32 Å². The van der Waals surface area contributed by atoms with Gasteiger partial charge >= 0.3 is 6.09 Å². The van der Waals surface area contributed by atoms with E-state index >= 15 is 0 Å². The summed E-state index contributed by atoms with van der Waals surface area (Å²) in [7, 11) is 1.72. The molecule has 1 aliphatic heterocycles. The van der Waals surface area contributed by atoms with E-state index in [9.17, 15) is 9.59 Å². The lowest BCUT2D eigenvalue weighted by atomic mass is 10.1. The predicted octanol–water partition coefficient (Wildman–Crippen LogP) is 2.03. The minimum Gasteiger partial charge on any atom is -0.450 e. The van der Waals surface area contributed by atoms with E-state index in [2.05, 4.69) is 10.3 Å². The van der Waals surface area contributed by atoms with E-state index in [-0.39, 0.29) is 12.5 Å². The van der Waals surface area contributed by atoms with Crippen molar-refractivity contribution in [2.24, 2.45) is 0 Å². The van der Waals surface area contributed by atoms with Crippen molar-refractivity contribution >= 4 is 17.8 Å². The molecule has 1 aromatic heterocycles. The fourth-order valence-corrected chi connectivity index (χ4v) is 2.47. The zero-order chi connectivity index (χ0) is 15.7. The summed E-state index contributed by atoms with van der Waals surface area (Å²) in [6.45, 7) is 2.36. The minimum atomic E-state index is -0.560. The summed E-state index contributed by atoms with van der Waals surface area (Å²) in [5.41, 5.74) is 2.08. The lowest BCUT2D eigenvalue weighted by Gasteiger charge is -2.14. The maximum Gasteiger partial charge on any atom is 0.412 e. The van der Waals surface area contributed by atoms with Gasteiger partial charge in [-0.1, -0.05) is 12.1 Å². The summed E-state index contributed by atoms with van der Waals surface area (Å²) in [5.74, 6) is 0.330. The van der Waals surface area contributed by atoms with Crippen LogP contribution in [0.2, 0.25) is 0 Å². The zero-order valence-electron chi connectivity index (χ0n) is 12.4. The normalized spacial score (nSPS) is 13.2. The molecule has 0 aliphatic carbocycles. The van der Waals surface area contributed by atoms with Gasteiger partial charge in [-0.2, -0.15) is 0 Å². The number of ether oxygens (including phenoxy) is 1. The number of carbonyl (C=O) groups is 2. The summed E-state index contributed by atoms with van der Waals surface area (Å²) in [5, 5.41) is 2.61. The first-order chi connectivity index (χ1) is 10.6. The number of aromatic nitrogens is 2. The van der Waals surface area contributed by atoms with Crippen molar-refractivity contribution < 1.29 is 14.3 Å². The molecule has 1 aromatic carbocycles. The Morgan fingerprint density at radius 1 is 1.41 bits per heavy atom. The van der Waals surface area contributed by atoms with Crippen molar-refractivity contribution in [1.29, 1.82) is 0 Å². The Morgan fingerprint density at radius 3 is 2.95 bits per heavy atom. The third-order valence-corrected chi connectivity index (χ3v) is 3.49. The average Bonchev–Trinajstić information content (AvgIpc) is 2.84. The molecule has 7 nitrogen and oxygen atoms in total. The van der Waals surface area contributed by atoms with E-state index in [0.29, 0.717) is 17.9 Å². The van der Waals surface area contributed by atoms with Gasteiger partial charge < -0.3 is 9.64 Å². The SMILES string of the molecule is CCOC(=O)Nc1ncn2c1CN(C)C(=O)c1ccccc1-2. The molecule has 0 saturated heterocycles. The van der Waals surface area contributed by atoms with E-state index in [1.54, 1.807) is 31.3 Å². The molecule has 114 valence electrons. The van der Waals surface area contributed by atoms with Crippen molar-refractivity contribution in [2.75, 3.05) is 19.0 Å². The molecule has 1 aliphatic rings. The number of benzene rings is 1. The molecule has 0 radical (unpaired) electrons. The highest BCUT2D eigenvalue weighted by Gasteiger charge is 2.26. The lowest BCUT2D eigenvalue weighted by molar-refractivity contribution is 0.0788. The first-order valence-corrected chi connectivity index (χ1v) is 6.96. The molecule has 3 rings (SSSR count). The van der Waals surface area contributed by atoms with Crippen LogP contribution in [0.1, 0.15) is 23.0 Å².